The van der Waals surface area contributed by atoms with Gasteiger partial charge in [-0.15, -0.1) is 20.2 Å². The molecule has 0 aliphatic rings. The Morgan fingerprint density at radius 3 is 2.14 bits per heavy atom. The topological polar surface area (TPSA) is 266 Å². The van der Waals surface area contributed by atoms with E-state index in [2.05, 4.69) is 59.8 Å². The van der Waals surface area contributed by atoms with E-state index in [0.29, 0.717) is 30.8 Å². The Labute approximate surface area is 327 Å². The van der Waals surface area contributed by atoms with E-state index in [0.717, 1.165) is 5.56 Å². The second kappa shape index (κ2) is 22.2. The van der Waals surface area contributed by atoms with Gasteiger partial charge in [0.05, 0.1) is 25.2 Å². The molecule has 2 aromatic carbocycles. The molecule has 0 bridgehead atoms. The number of nitrogens with zero attached hydrogens (tertiary/aromatic N) is 6. The molecule has 22 heteroatoms. The summed E-state index contributed by atoms with van der Waals surface area (Å²) in [5, 5.41) is 17.9. The van der Waals surface area contributed by atoms with Gasteiger partial charge in [-0.05, 0) is 60.6 Å². The van der Waals surface area contributed by atoms with Gasteiger partial charge in [0, 0.05) is 19.5 Å². The highest BCUT2D eigenvalue weighted by atomic mass is 32.2. The van der Waals surface area contributed by atoms with E-state index < -0.39 is 32.9 Å². The summed E-state index contributed by atoms with van der Waals surface area (Å²) in [6.07, 6.45) is 3.17. The lowest BCUT2D eigenvalue weighted by molar-refractivity contribution is -0.790. The standard InChI is InChI=1S/C28H31N5O6S.C7H12N2O8/c1-28(2,3)19-11-13-20(14-12-19)40(34,35)33-24-23(39-22-10-7-6-9-21(22)37-5)27(38-18-17-36-4)32-26(31-24)25-29-15-8-16-30-25;10-6-15-4-2-1-3-7(17-9(13)14)5-16-8(11)12/h6-16H,17-18H2,1-5H3,(H,31,32,33);6-7H,1-5H2. The van der Waals surface area contributed by atoms with E-state index in [4.69, 9.17) is 18.9 Å². The fourth-order valence-electron chi connectivity index (χ4n) is 4.60. The molecule has 0 radical (unpaired) electrons. The number of carbonyl (C=O) groups excluding carboxylic acids is 1. The van der Waals surface area contributed by atoms with Crippen LogP contribution in [-0.2, 0) is 39.4 Å². The van der Waals surface area contributed by atoms with Crippen LogP contribution >= 0.6 is 0 Å². The molecule has 4 aromatic rings. The minimum absolute atomic E-state index is 0.0289. The number of unbranched alkanes of at least 4 members (excludes halogenated alkanes) is 1. The van der Waals surface area contributed by atoms with Crippen molar-refractivity contribution in [3.8, 4) is 34.8 Å². The fourth-order valence-corrected chi connectivity index (χ4v) is 5.60. The van der Waals surface area contributed by atoms with E-state index in [1.54, 1.807) is 54.6 Å². The fraction of sp³-hybridized carbons (Fsp3) is 0.400. The maximum Gasteiger partial charge on any atom is 0.294 e. The molecule has 2 aromatic heterocycles. The molecule has 57 heavy (non-hydrogen) atoms. The van der Waals surface area contributed by atoms with Crippen LogP contribution in [0.5, 0.6) is 23.1 Å². The van der Waals surface area contributed by atoms with Crippen LogP contribution in [0, 0.1) is 20.2 Å². The molecule has 0 amide bonds. The number of hydrogen-bond acceptors (Lipinski definition) is 18. The third kappa shape index (κ3) is 15.0. The first kappa shape index (κ1) is 45.0. The summed E-state index contributed by atoms with van der Waals surface area (Å²) < 4.78 is 56.6. The number of benzene rings is 2. The lowest BCUT2D eigenvalue weighted by atomic mass is 9.87. The number of anilines is 1. The van der Waals surface area contributed by atoms with Crippen LogP contribution in [0.3, 0.4) is 0 Å². The van der Waals surface area contributed by atoms with Crippen LogP contribution in [0.2, 0.25) is 0 Å². The van der Waals surface area contributed by atoms with Crippen LogP contribution in [-0.4, -0.2) is 91.8 Å². The van der Waals surface area contributed by atoms with Crippen LogP contribution in [0.4, 0.5) is 5.82 Å². The summed E-state index contributed by atoms with van der Waals surface area (Å²) in [6.45, 7) is 6.47. The molecule has 1 atom stereocenters. The highest BCUT2D eigenvalue weighted by Gasteiger charge is 2.26. The highest BCUT2D eigenvalue weighted by molar-refractivity contribution is 7.92. The SMILES string of the molecule is COCCOc1nc(-c2ncccn2)nc(NS(=O)(=O)c2ccc(C(C)(C)C)cc2)c1Oc1ccccc1OC.O=COCCCCC(CO[N+](=O)[O-])O[N+](=O)[O-]. The van der Waals surface area contributed by atoms with Gasteiger partial charge in [0.15, 0.2) is 23.1 Å². The van der Waals surface area contributed by atoms with Crippen LogP contribution in [0.1, 0.15) is 45.6 Å². The summed E-state index contributed by atoms with van der Waals surface area (Å²) in [5.74, 6) is 0.613. The van der Waals surface area contributed by atoms with E-state index in [-0.39, 0.29) is 65.6 Å². The van der Waals surface area contributed by atoms with Crippen LogP contribution in [0.15, 0.2) is 71.9 Å². The molecule has 4 rings (SSSR count). The van der Waals surface area contributed by atoms with Crippen LogP contribution in [0.25, 0.3) is 11.6 Å². The molecule has 1 unspecified atom stereocenters. The number of sulfonamides is 1. The predicted molar refractivity (Wildman–Crippen MR) is 200 cm³/mol. The maximum atomic E-state index is 13.6. The zero-order chi connectivity index (χ0) is 41.8. The zero-order valence-corrected chi connectivity index (χ0v) is 32.6. The Hall–Kier alpha value is -6.42. The quantitative estimate of drug-likeness (QED) is 0.0474. The number of aromatic nitrogens is 4. The van der Waals surface area contributed by atoms with Crippen molar-refractivity contribution < 1.29 is 56.7 Å². The van der Waals surface area contributed by atoms with Gasteiger partial charge in [-0.2, -0.15) is 4.98 Å². The number of methoxy groups -OCH3 is 2. The lowest BCUT2D eigenvalue weighted by Gasteiger charge is -2.20. The van der Waals surface area contributed by atoms with E-state index in [9.17, 15) is 33.4 Å². The highest BCUT2D eigenvalue weighted by Crippen LogP contribution is 2.41. The van der Waals surface area contributed by atoms with E-state index >= 15 is 0 Å². The summed E-state index contributed by atoms with van der Waals surface area (Å²) in [5.41, 5.74) is 0.850. The second-order valence-electron chi connectivity index (χ2n) is 12.5. The number of nitrogens with one attached hydrogen (secondary N) is 1. The summed E-state index contributed by atoms with van der Waals surface area (Å²) in [6, 6.07) is 15.2. The molecule has 2 heterocycles. The molecule has 0 saturated carbocycles. The molecule has 0 aliphatic heterocycles. The molecular weight excluding hydrogens is 774 g/mol. The molecule has 0 fully saturated rings. The minimum atomic E-state index is -4.12. The summed E-state index contributed by atoms with van der Waals surface area (Å²) >= 11 is 0. The Bertz CT molecular complexity index is 2000. The molecule has 0 saturated heterocycles. The number of hydrogen-bond donors (Lipinski definition) is 1. The van der Waals surface area contributed by atoms with Gasteiger partial charge in [0.25, 0.3) is 32.5 Å². The van der Waals surface area contributed by atoms with Gasteiger partial charge < -0.3 is 33.4 Å². The first-order valence-electron chi connectivity index (χ1n) is 17.1. The monoisotopic (exact) mass is 817 g/mol. The maximum absolute atomic E-state index is 13.6. The molecule has 0 aliphatic carbocycles. The Kier molecular flexibility index (Phi) is 17.5. The Balaban J connectivity index is 0.000000432. The van der Waals surface area contributed by atoms with Gasteiger partial charge >= 0.3 is 0 Å². The van der Waals surface area contributed by atoms with Crippen molar-refractivity contribution in [3.05, 3.63) is 92.8 Å². The predicted octanol–water partition coefficient (Wildman–Crippen LogP) is 4.97. The van der Waals surface area contributed by atoms with Gasteiger partial charge in [-0.3, -0.25) is 9.52 Å². The van der Waals surface area contributed by atoms with Gasteiger partial charge in [-0.25, -0.2) is 23.4 Å². The molecule has 308 valence electrons. The van der Waals surface area contributed by atoms with Crippen molar-refractivity contribution in [2.24, 2.45) is 0 Å². The third-order valence-electron chi connectivity index (χ3n) is 7.38. The first-order valence-corrected chi connectivity index (χ1v) is 18.6. The van der Waals surface area contributed by atoms with E-state index in [1.165, 1.54) is 26.6 Å². The number of para-hydroxylation sites is 2. The van der Waals surface area contributed by atoms with Gasteiger partial charge in [-0.1, -0.05) is 45.0 Å². The zero-order valence-electron chi connectivity index (χ0n) is 31.8. The number of ether oxygens (including phenoxy) is 5. The van der Waals surface area contributed by atoms with Crippen molar-refractivity contribution in [1.29, 1.82) is 0 Å². The average molecular weight is 818 g/mol. The van der Waals surface area contributed by atoms with Crippen molar-refractivity contribution >= 4 is 22.3 Å². The van der Waals surface area contributed by atoms with Gasteiger partial charge in [0.1, 0.15) is 19.3 Å². The Morgan fingerprint density at radius 1 is 0.860 bits per heavy atom. The van der Waals surface area contributed by atoms with Crippen molar-refractivity contribution in [3.63, 3.8) is 0 Å². The number of carbonyl (C=O) groups is 1. The normalized spacial score (nSPS) is 11.5. The summed E-state index contributed by atoms with van der Waals surface area (Å²) in [7, 11) is -1.09. The smallest absolute Gasteiger partial charge is 0.294 e. The lowest BCUT2D eigenvalue weighted by Crippen LogP contribution is -2.24. The third-order valence-corrected chi connectivity index (χ3v) is 8.73. The minimum Gasteiger partial charge on any atom is -0.493 e. The largest absolute Gasteiger partial charge is 0.493 e. The van der Waals surface area contributed by atoms with Crippen LogP contribution < -0.4 is 18.9 Å². The molecular formula is C35H43N7O14S. The summed E-state index contributed by atoms with van der Waals surface area (Å²) in [4.78, 5) is 55.3. The molecule has 0 spiro atoms. The molecule has 21 nitrogen and oxygen atoms in total. The average Bonchev–Trinajstić information content (AvgIpc) is 3.18. The Morgan fingerprint density at radius 2 is 1.54 bits per heavy atom. The van der Waals surface area contributed by atoms with Crippen molar-refractivity contribution in [2.45, 2.75) is 56.4 Å². The molecule has 1 N–H and O–H groups in total. The van der Waals surface area contributed by atoms with E-state index in [1.807, 2.05) is 0 Å². The van der Waals surface area contributed by atoms with Crippen molar-refractivity contribution in [1.82, 2.24) is 19.9 Å². The number of rotatable bonds is 22. The van der Waals surface area contributed by atoms with Crippen molar-refractivity contribution in [2.75, 3.05) is 45.4 Å². The second-order valence-corrected chi connectivity index (χ2v) is 14.2. The van der Waals surface area contributed by atoms with Gasteiger partial charge in [0.2, 0.25) is 11.6 Å². The first-order chi connectivity index (χ1) is 27.2.